The van der Waals surface area contributed by atoms with Gasteiger partial charge in [-0.15, -0.1) is 0 Å². The van der Waals surface area contributed by atoms with Gasteiger partial charge in [0.1, 0.15) is 11.9 Å². The van der Waals surface area contributed by atoms with E-state index in [4.69, 9.17) is 0 Å². The topological polar surface area (TPSA) is 50.2 Å². The standard InChI is InChI=1S/C18H23FN4O/c1-2-16(23-11-5-10-20-23)18(24)21-14-8-12-22(13-9-14)17-7-4-3-6-15(17)19/h3-7,10-11,14,16H,2,8-9,12-13H2,1H3,(H,21,24). The Hall–Kier alpha value is -2.37. The summed E-state index contributed by atoms with van der Waals surface area (Å²) in [5, 5.41) is 7.29. The van der Waals surface area contributed by atoms with Gasteiger partial charge in [0.15, 0.2) is 0 Å². The van der Waals surface area contributed by atoms with E-state index in [1.54, 1.807) is 23.0 Å². The summed E-state index contributed by atoms with van der Waals surface area (Å²) >= 11 is 0. The molecule has 1 aromatic heterocycles. The van der Waals surface area contributed by atoms with Gasteiger partial charge in [-0.2, -0.15) is 5.10 Å². The minimum Gasteiger partial charge on any atom is -0.369 e. The Morgan fingerprint density at radius 3 is 2.71 bits per heavy atom. The molecule has 1 aliphatic heterocycles. The molecule has 2 aromatic rings. The highest BCUT2D eigenvalue weighted by molar-refractivity contribution is 5.80. The zero-order valence-electron chi connectivity index (χ0n) is 13.9. The molecule has 0 saturated carbocycles. The molecule has 1 N–H and O–H groups in total. The molecular weight excluding hydrogens is 307 g/mol. The largest absolute Gasteiger partial charge is 0.369 e. The van der Waals surface area contributed by atoms with Crippen LogP contribution in [0.2, 0.25) is 0 Å². The number of aromatic nitrogens is 2. The normalized spacial score (nSPS) is 16.8. The van der Waals surface area contributed by atoms with Gasteiger partial charge >= 0.3 is 0 Å². The highest BCUT2D eigenvalue weighted by Gasteiger charge is 2.25. The number of hydrogen-bond acceptors (Lipinski definition) is 3. The fourth-order valence-electron chi connectivity index (χ4n) is 3.23. The van der Waals surface area contributed by atoms with Gasteiger partial charge in [0, 0.05) is 31.5 Å². The van der Waals surface area contributed by atoms with E-state index >= 15 is 0 Å². The maximum atomic E-state index is 13.9. The van der Waals surface area contributed by atoms with Crippen molar-refractivity contribution >= 4 is 11.6 Å². The molecule has 1 fully saturated rings. The molecule has 0 bridgehead atoms. The van der Waals surface area contributed by atoms with Gasteiger partial charge < -0.3 is 10.2 Å². The van der Waals surface area contributed by atoms with Crippen molar-refractivity contribution in [2.45, 2.75) is 38.3 Å². The molecule has 6 heteroatoms. The Bertz CT molecular complexity index is 665. The van der Waals surface area contributed by atoms with Crippen molar-refractivity contribution in [3.8, 4) is 0 Å². The van der Waals surface area contributed by atoms with E-state index < -0.39 is 0 Å². The Morgan fingerprint density at radius 2 is 2.08 bits per heavy atom. The smallest absolute Gasteiger partial charge is 0.245 e. The van der Waals surface area contributed by atoms with Gasteiger partial charge in [0.25, 0.3) is 0 Å². The number of nitrogens with zero attached hydrogens (tertiary/aromatic N) is 3. The molecular formula is C18H23FN4O. The van der Waals surface area contributed by atoms with Crippen molar-refractivity contribution in [1.82, 2.24) is 15.1 Å². The van der Waals surface area contributed by atoms with Crippen LogP contribution in [0, 0.1) is 5.82 Å². The summed E-state index contributed by atoms with van der Waals surface area (Å²) in [5.74, 6) is -0.185. The second-order valence-electron chi connectivity index (χ2n) is 6.13. The monoisotopic (exact) mass is 330 g/mol. The first-order chi connectivity index (χ1) is 11.7. The van der Waals surface area contributed by atoms with Crippen molar-refractivity contribution in [1.29, 1.82) is 0 Å². The van der Waals surface area contributed by atoms with Gasteiger partial charge in [-0.1, -0.05) is 19.1 Å². The lowest BCUT2D eigenvalue weighted by Gasteiger charge is -2.34. The number of benzene rings is 1. The van der Waals surface area contributed by atoms with Gasteiger partial charge in [-0.3, -0.25) is 9.48 Å². The number of nitrogens with one attached hydrogen (secondary N) is 1. The maximum absolute atomic E-state index is 13.9. The maximum Gasteiger partial charge on any atom is 0.245 e. The van der Waals surface area contributed by atoms with Crippen molar-refractivity contribution in [3.05, 3.63) is 48.5 Å². The number of anilines is 1. The molecule has 5 nitrogen and oxygen atoms in total. The minimum absolute atomic E-state index is 0.00513. The lowest BCUT2D eigenvalue weighted by Crippen LogP contribution is -2.46. The van der Waals surface area contributed by atoms with Crippen LogP contribution in [0.4, 0.5) is 10.1 Å². The lowest BCUT2D eigenvalue weighted by molar-refractivity contribution is -0.125. The van der Waals surface area contributed by atoms with Crippen molar-refractivity contribution in [2.75, 3.05) is 18.0 Å². The third-order valence-electron chi connectivity index (χ3n) is 4.57. The first-order valence-electron chi connectivity index (χ1n) is 8.48. The van der Waals surface area contributed by atoms with Gasteiger partial charge in [0.2, 0.25) is 5.91 Å². The molecule has 0 radical (unpaired) electrons. The summed E-state index contributed by atoms with van der Waals surface area (Å²) in [6, 6.07) is 8.52. The summed E-state index contributed by atoms with van der Waals surface area (Å²) < 4.78 is 15.6. The number of hydrogen-bond donors (Lipinski definition) is 1. The summed E-state index contributed by atoms with van der Waals surface area (Å²) in [6.07, 6.45) is 5.82. The lowest BCUT2D eigenvalue weighted by atomic mass is 10.0. The summed E-state index contributed by atoms with van der Waals surface area (Å²) in [6.45, 7) is 3.46. The second-order valence-corrected chi connectivity index (χ2v) is 6.13. The Labute approximate surface area is 141 Å². The van der Waals surface area contributed by atoms with Crippen LogP contribution in [0.1, 0.15) is 32.2 Å². The molecule has 1 aromatic carbocycles. The number of carbonyl (C=O) groups excluding carboxylic acids is 1. The van der Waals surface area contributed by atoms with E-state index in [9.17, 15) is 9.18 Å². The molecule has 1 unspecified atom stereocenters. The van der Waals surface area contributed by atoms with Crippen LogP contribution in [0.5, 0.6) is 0 Å². The number of carbonyl (C=O) groups is 1. The Kier molecular flexibility index (Phi) is 5.13. The fourth-order valence-corrected chi connectivity index (χ4v) is 3.23. The zero-order valence-corrected chi connectivity index (χ0v) is 13.9. The quantitative estimate of drug-likeness (QED) is 0.917. The molecule has 0 spiro atoms. The van der Waals surface area contributed by atoms with Crippen LogP contribution in [0.15, 0.2) is 42.7 Å². The SMILES string of the molecule is CCC(C(=O)NC1CCN(c2ccccc2F)CC1)n1cccn1. The van der Waals surface area contributed by atoms with Gasteiger partial charge in [-0.25, -0.2) is 4.39 Å². The van der Waals surface area contributed by atoms with E-state index in [1.165, 1.54) is 6.07 Å². The first kappa shape index (κ1) is 16.5. The van der Waals surface area contributed by atoms with E-state index in [0.29, 0.717) is 12.1 Å². The molecule has 1 atom stereocenters. The van der Waals surface area contributed by atoms with Crippen LogP contribution in [-0.4, -0.2) is 34.8 Å². The summed E-state index contributed by atoms with van der Waals surface area (Å²) in [4.78, 5) is 14.5. The van der Waals surface area contributed by atoms with Crippen molar-refractivity contribution in [2.24, 2.45) is 0 Å². The predicted molar refractivity (Wildman–Crippen MR) is 91.3 cm³/mol. The molecule has 2 heterocycles. The van der Waals surface area contributed by atoms with E-state index in [2.05, 4.69) is 10.4 Å². The van der Waals surface area contributed by atoms with Crippen molar-refractivity contribution in [3.63, 3.8) is 0 Å². The van der Waals surface area contributed by atoms with Crippen LogP contribution in [0.25, 0.3) is 0 Å². The van der Waals surface area contributed by atoms with Gasteiger partial charge in [0.05, 0.1) is 5.69 Å². The van der Waals surface area contributed by atoms with Crippen LogP contribution < -0.4 is 10.2 Å². The second kappa shape index (κ2) is 7.47. The van der Waals surface area contributed by atoms with Crippen molar-refractivity contribution < 1.29 is 9.18 Å². The van der Waals surface area contributed by atoms with Crippen LogP contribution in [-0.2, 0) is 4.79 Å². The highest BCUT2D eigenvalue weighted by atomic mass is 19.1. The number of amides is 1. The third-order valence-corrected chi connectivity index (χ3v) is 4.57. The van der Waals surface area contributed by atoms with E-state index in [-0.39, 0.29) is 23.8 Å². The zero-order chi connectivity index (χ0) is 16.9. The molecule has 1 aliphatic rings. The van der Waals surface area contributed by atoms with Crippen LogP contribution >= 0.6 is 0 Å². The summed E-state index contributed by atoms with van der Waals surface area (Å²) in [5.41, 5.74) is 0.644. The molecule has 128 valence electrons. The van der Waals surface area contributed by atoms with E-state index in [0.717, 1.165) is 25.9 Å². The molecule has 1 amide bonds. The molecule has 3 rings (SSSR count). The average molecular weight is 330 g/mol. The van der Waals surface area contributed by atoms with Crippen LogP contribution in [0.3, 0.4) is 0 Å². The third kappa shape index (κ3) is 3.58. The minimum atomic E-state index is -0.274. The number of piperidine rings is 1. The molecule has 0 aliphatic carbocycles. The number of halogens is 1. The Morgan fingerprint density at radius 1 is 1.33 bits per heavy atom. The highest BCUT2D eigenvalue weighted by Crippen LogP contribution is 2.23. The Balaban J connectivity index is 1.55. The number of rotatable bonds is 5. The van der Waals surface area contributed by atoms with E-state index in [1.807, 2.05) is 30.2 Å². The molecule has 24 heavy (non-hydrogen) atoms. The first-order valence-corrected chi connectivity index (χ1v) is 8.48. The average Bonchev–Trinajstić information content (AvgIpc) is 3.11. The molecule has 1 saturated heterocycles. The summed E-state index contributed by atoms with van der Waals surface area (Å²) in [7, 11) is 0. The number of para-hydroxylation sites is 1. The predicted octanol–water partition coefficient (Wildman–Crippen LogP) is 2.76. The van der Waals surface area contributed by atoms with Gasteiger partial charge in [-0.05, 0) is 37.5 Å². The fraction of sp³-hybridized carbons (Fsp3) is 0.444.